The molecule has 0 aromatic carbocycles. The minimum absolute atomic E-state index is 0.105. The first kappa shape index (κ1) is 17.6. The summed E-state index contributed by atoms with van der Waals surface area (Å²) in [6, 6.07) is 0. The Morgan fingerprint density at radius 3 is 3.16 bits per heavy atom. The number of aryl methyl sites for hydroxylation is 1. The van der Waals surface area contributed by atoms with Crippen LogP contribution in [-0.2, 0) is 13.0 Å². The van der Waals surface area contributed by atoms with Gasteiger partial charge >= 0.3 is 0 Å². The lowest BCUT2D eigenvalue weighted by Gasteiger charge is -2.30. The lowest BCUT2D eigenvalue weighted by molar-refractivity contribution is 0.657. The van der Waals surface area contributed by atoms with Crippen LogP contribution in [0.4, 0.5) is 5.69 Å². The van der Waals surface area contributed by atoms with E-state index in [9.17, 15) is 4.79 Å². The SMILES string of the molecule is CCc1ncsc1CNC1=C(N=N)CN(c2cn[nH]c(=O)c2Cl)CC1. The molecule has 0 atom stereocenters. The van der Waals surface area contributed by atoms with Crippen LogP contribution in [0, 0.1) is 5.53 Å². The average Bonchev–Trinajstić information content (AvgIpc) is 3.09. The molecule has 0 radical (unpaired) electrons. The van der Waals surface area contributed by atoms with E-state index in [4.69, 9.17) is 17.1 Å². The maximum atomic E-state index is 11.6. The maximum absolute atomic E-state index is 11.6. The van der Waals surface area contributed by atoms with Gasteiger partial charge in [-0.15, -0.1) is 11.3 Å². The minimum atomic E-state index is -0.422. The first-order chi connectivity index (χ1) is 12.1. The molecule has 1 aliphatic heterocycles. The third kappa shape index (κ3) is 3.72. The van der Waals surface area contributed by atoms with E-state index >= 15 is 0 Å². The second kappa shape index (κ2) is 7.75. The summed E-state index contributed by atoms with van der Waals surface area (Å²) in [7, 11) is 0. The van der Waals surface area contributed by atoms with Crippen LogP contribution in [0.3, 0.4) is 0 Å². The highest BCUT2D eigenvalue weighted by molar-refractivity contribution is 7.09. The van der Waals surface area contributed by atoms with Gasteiger partial charge in [-0.1, -0.05) is 18.5 Å². The molecule has 0 aliphatic carbocycles. The van der Waals surface area contributed by atoms with Crippen LogP contribution in [0.15, 0.2) is 33.0 Å². The number of nitrogens with one attached hydrogen (secondary N) is 3. The molecule has 3 N–H and O–H groups in total. The van der Waals surface area contributed by atoms with Crippen molar-refractivity contribution in [1.29, 1.82) is 5.53 Å². The van der Waals surface area contributed by atoms with Crippen molar-refractivity contribution in [2.75, 3.05) is 18.0 Å². The van der Waals surface area contributed by atoms with E-state index in [1.807, 2.05) is 10.4 Å². The highest BCUT2D eigenvalue weighted by atomic mass is 35.5. The molecular weight excluding hydrogens is 362 g/mol. The summed E-state index contributed by atoms with van der Waals surface area (Å²) in [5.41, 5.74) is 12.1. The van der Waals surface area contributed by atoms with Gasteiger partial charge in [-0.2, -0.15) is 10.2 Å². The third-order valence-corrected chi connectivity index (χ3v) is 5.34. The molecule has 2 aromatic rings. The van der Waals surface area contributed by atoms with Gasteiger partial charge < -0.3 is 10.2 Å². The van der Waals surface area contributed by atoms with Crippen LogP contribution in [-0.4, -0.2) is 28.3 Å². The molecule has 2 aromatic heterocycles. The highest BCUT2D eigenvalue weighted by Gasteiger charge is 2.22. The smallest absolute Gasteiger partial charge is 0.285 e. The average molecular weight is 380 g/mol. The van der Waals surface area contributed by atoms with Crippen molar-refractivity contribution in [3.05, 3.63) is 49.0 Å². The molecule has 0 unspecified atom stereocenters. The van der Waals surface area contributed by atoms with E-state index in [1.54, 1.807) is 11.3 Å². The summed E-state index contributed by atoms with van der Waals surface area (Å²) in [6.07, 6.45) is 3.10. The molecule has 0 spiro atoms. The summed E-state index contributed by atoms with van der Waals surface area (Å²) in [5, 5.41) is 13.3. The van der Waals surface area contributed by atoms with Crippen molar-refractivity contribution in [3.63, 3.8) is 0 Å². The van der Waals surface area contributed by atoms with E-state index in [2.05, 4.69) is 32.5 Å². The van der Waals surface area contributed by atoms with E-state index < -0.39 is 5.56 Å². The first-order valence-corrected chi connectivity index (χ1v) is 9.12. The predicted molar refractivity (Wildman–Crippen MR) is 97.2 cm³/mol. The van der Waals surface area contributed by atoms with Crippen molar-refractivity contribution in [2.45, 2.75) is 26.3 Å². The standard InChI is InChI=1S/C15H18ClN7OS/c1-2-9-13(25-8-19-9)6-18-10-3-4-23(7-11(10)21-17)12-5-20-22-15(24)14(12)16/h5,8,17-18H,2-4,6-7H2,1H3,(H,22,24). The van der Waals surface area contributed by atoms with E-state index in [0.29, 0.717) is 37.4 Å². The van der Waals surface area contributed by atoms with Crippen molar-refractivity contribution >= 4 is 28.6 Å². The summed E-state index contributed by atoms with van der Waals surface area (Å²) in [6.45, 7) is 3.82. The highest BCUT2D eigenvalue weighted by Crippen LogP contribution is 2.27. The van der Waals surface area contributed by atoms with Crippen molar-refractivity contribution in [3.8, 4) is 0 Å². The Labute approximate surface area is 153 Å². The van der Waals surface area contributed by atoms with Crippen molar-refractivity contribution in [2.24, 2.45) is 5.11 Å². The van der Waals surface area contributed by atoms with Crippen molar-refractivity contribution in [1.82, 2.24) is 20.5 Å². The molecule has 0 amide bonds. The largest absolute Gasteiger partial charge is 0.382 e. The zero-order valence-corrected chi connectivity index (χ0v) is 15.2. The minimum Gasteiger partial charge on any atom is -0.382 e. The molecule has 8 nitrogen and oxygen atoms in total. The Kier molecular flexibility index (Phi) is 5.44. The van der Waals surface area contributed by atoms with Gasteiger partial charge in [0.25, 0.3) is 5.56 Å². The van der Waals surface area contributed by atoms with Crippen LogP contribution in [0.1, 0.15) is 23.9 Å². The van der Waals surface area contributed by atoms with E-state index in [1.165, 1.54) is 11.1 Å². The molecule has 0 bridgehead atoms. The molecule has 132 valence electrons. The molecular formula is C15H18ClN7OS. The van der Waals surface area contributed by atoms with E-state index in [-0.39, 0.29) is 5.02 Å². The fourth-order valence-corrected chi connectivity index (χ4v) is 3.76. The van der Waals surface area contributed by atoms with E-state index in [0.717, 1.165) is 17.8 Å². The quantitative estimate of drug-likeness (QED) is 0.668. The van der Waals surface area contributed by atoms with Gasteiger partial charge in [0.15, 0.2) is 0 Å². The second-order valence-corrected chi connectivity index (χ2v) is 6.85. The van der Waals surface area contributed by atoms with Gasteiger partial charge in [0, 0.05) is 23.5 Å². The Morgan fingerprint density at radius 1 is 1.56 bits per heavy atom. The van der Waals surface area contributed by atoms with Gasteiger partial charge in [0.1, 0.15) is 10.7 Å². The normalized spacial score (nSPS) is 14.7. The number of H-pyrrole nitrogens is 1. The predicted octanol–water partition coefficient (Wildman–Crippen LogP) is 2.68. The van der Waals surface area contributed by atoms with Gasteiger partial charge in [-0.3, -0.25) is 4.79 Å². The summed E-state index contributed by atoms with van der Waals surface area (Å²) >= 11 is 7.70. The summed E-state index contributed by atoms with van der Waals surface area (Å²) in [5.74, 6) is 0. The molecule has 0 saturated heterocycles. The Hall–Kier alpha value is -2.26. The van der Waals surface area contributed by atoms with Crippen LogP contribution < -0.4 is 15.8 Å². The van der Waals surface area contributed by atoms with Crippen LogP contribution >= 0.6 is 22.9 Å². The molecule has 10 heteroatoms. The number of nitrogens with zero attached hydrogens (tertiary/aromatic N) is 4. The number of anilines is 1. The number of hydrogen-bond donors (Lipinski definition) is 3. The lowest BCUT2D eigenvalue weighted by atomic mass is 10.1. The molecule has 0 fully saturated rings. The number of rotatable bonds is 6. The molecule has 3 heterocycles. The summed E-state index contributed by atoms with van der Waals surface area (Å²) < 4.78 is 0. The van der Waals surface area contributed by atoms with Gasteiger partial charge in [0.2, 0.25) is 0 Å². The zero-order chi connectivity index (χ0) is 17.8. The fraction of sp³-hybridized carbons (Fsp3) is 0.400. The summed E-state index contributed by atoms with van der Waals surface area (Å²) in [4.78, 5) is 19.1. The number of halogens is 1. The fourth-order valence-electron chi connectivity index (χ4n) is 2.75. The molecule has 3 rings (SSSR count). The van der Waals surface area contributed by atoms with Crippen molar-refractivity contribution < 1.29 is 0 Å². The second-order valence-electron chi connectivity index (χ2n) is 5.54. The molecule has 1 aliphatic rings. The third-order valence-electron chi connectivity index (χ3n) is 4.10. The van der Waals surface area contributed by atoms with Crippen LogP contribution in [0.25, 0.3) is 0 Å². The first-order valence-electron chi connectivity index (χ1n) is 7.86. The number of thiazole rings is 1. The van der Waals surface area contributed by atoms with Gasteiger partial charge in [-0.05, 0) is 6.42 Å². The monoisotopic (exact) mass is 379 g/mol. The van der Waals surface area contributed by atoms with Crippen LogP contribution in [0.2, 0.25) is 5.02 Å². The maximum Gasteiger partial charge on any atom is 0.285 e. The Morgan fingerprint density at radius 2 is 2.40 bits per heavy atom. The van der Waals surface area contributed by atoms with Gasteiger partial charge in [0.05, 0.1) is 36.2 Å². The molecule has 25 heavy (non-hydrogen) atoms. The Bertz CT molecular complexity index is 860. The topological polar surface area (TPSA) is 110 Å². The lowest BCUT2D eigenvalue weighted by Crippen LogP contribution is -2.35. The number of hydrogen-bond acceptors (Lipinski definition) is 8. The Balaban J connectivity index is 1.75. The molecule has 0 saturated carbocycles. The zero-order valence-electron chi connectivity index (χ0n) is 13.7. The number of aromatic nitrogens is 3. The number of aromatic amines is 1. The van der Waals surface area contributed by atoms with Crippen LogP contribution in [0.5, 0.6) is 0 Å². The van der Waals surface area contributed by atoms with Gasteiger partial charge in [-0.25, -0.2) is 15.6 Å².